The van der Waals surface area contributed by atoms with Gasteiger partial charge in [0.05, 0.1) is 0 Å². The molecule has 0 radical (unpaired) electrons. The minimum atomic E-state index is -0.402. The zero-order chi connectivity index (χ0) is 10.3. The van der Waals surface area contributed by atoms with Crippen molar-refractivity contribution in [2.45, 2.75) is 46.1 Å². The average Bonchev–Trinajstić information content (AvgIpc) is 1.79. The van der Waals surface area contributed by atoms with E-state index in [-0.39, 0.29) is 17.4 Å². The third-order valence-corrected chi connectivity index (χ3v) is 2.99. The first-order valence-electron chi connectivity index (χ1n) is 4.81. The molecule has 1 saturated carbocycles. The highest BCUT2D eigenvalue weighted by atomic mass is 16.1. The van der Waals surface area contributed by atoms with Gasteiger partial charge in [-0.2, -0.15) is 0 Å². The first-order chi connectivity index (χ1) is 5.75. The number of carbonyl (C=O) groups is 1. The van der Waals surface area contributed by atoms with Crippen molar-refractivity contribution in [2.24, 2.45) is 22.3 Å². The molecule has 0 saturated heterocycles. The van der Waals surface area contributed by atoms with E-state index in [0.717, 1.165) is 19.3 Å². The Hall–Kier alpha value is -0.570. The van der Waals surface area contributed by atoms with Gasteiger partial charge in [0.1, 0.15) is 0 Å². The molecule has 0 aromatic rings. The molecule has 1 fully saturated rings. The van der Waals surface area contributed by atoms with Gasteiger partial charge in [0, 0.05) is 11.5 Å². The van der Waals surface area contributed by atoms with Crippen LogP contribution in [0.15, 0.2) is 0 Å². The SMILES string of the molecule is CC1(C)CC(N)CC(C)(C(N)=O)C1. The lowest BCUT2D eigenvalue weighted by atomic mass is 9.62. The van der Waals surface area contributed by atoms with Crippen molar-refractivity contribution in [1.82, 2.24) is 0 Å². The summed E-state index contributed by atoms with van der Waals surface area (Å²) in [6, 6.07) is 0.112. The maximum atomic E-state index is 11.3. The predicted molar refractivity (Wildman–Crippen MR) is 52.9 cm³/mol. The summed E-state index contributed by atoms with van der Waals surface area (Å²) in [5.41, 5.74) is 11.0. The van der Waals surface area contributed by atoms with E-state index >= 15 is 0 Å². The first kappa shape index (κ1) is 10.5. The van der Waals surface area contributed by atoms with Crippen LogP contribution in [0.5, 0.6) is 0 Å². The molecule has 1 aliphatic rings. The summed E-state index contributed by atoms with van der Waals surface area (Å²) in [6.07, 6.45) is 2.56. The second-order valence-electron chi connectivity index (χ2n) is 5.43. The zero-order valence-electron chi connectivity index (χ0n) is 8.76. The molecule has 0 bridgehead atoms. The third kappa shape index (κ3) is 2.21. The van der Waals surface area contributed by atoms with Gasteiger partial charge in [0.25, 0.3) is 0 Å². The Morgan fingerprint density at radius 3 is 2.23 bits per heavy atom. The maximum absolute atomic E-state index is 11.3. The number of rotatable bonds is 1. The topological polar surface area (TPSA) is 69.1 Å². The molecule has 1 aliphatic carbocycles. The van der Waals surface area contributed by atoms with Gasteiger partial charge >= 0.3 is 0 Å². The normalized spacial score (nSPS) is 38.6. The van der Waals surface area contributed by atoms with E-state index in [2.05, 4.69) is 13.8 Å². The van der Waals surface area contributed by atoms with Crippen LogP contribution < -0.4 is 11.5 Å². The number of nitrogens with two attached hydrogens (primary N) is 2. The van der Waals surface area contributed by atoms with Crippen molar-refractivity contribution in [3.8, 4) is 0 Å². The number of carbonyl (C=O) groups excluding carboxylic acids is 1. The summed E-state index contributed by atoms with van der Waals surface area (Å²) in [4.78, 5) is 11.3. The second kappa shape index (κ2) is 2.98. The van der Waals surface area contributed by atoms with E-state index in [1.54, 1.807) is 0 Å². The molecular formula is C10H20N2O. The molecule has 13 heavy (non-hydrogen) atoms. The minimum absolute atomic E-state index is 0.112. The van der Waals surface area contributed by atoms with E-state index in [9.17, 15) is 4.79 Å². The van der Waals surface area contributed by atoms with Gasteiger partial charge in [-0.05, 0) is 24.7 Å². The van der Waals surface area contributed by atoms with Gasteiger partial charge in [0.2, 0.25) is 5.91 Å². The van der Waals surface area contributed by atoms with E-state index in [4.69, 9.17) is 11.5 Å². The Morgan fingerprint density at radius 1 is 1.31 bits per heavy atom. The van der Waals surface area contributed by atoms with Gasteiger partial charge in [-0.25, -0.2) is 0 Å². The Morgan fingerprint density at radius 2 is 1.85 bits per heavy atom. The van der Waals surface area contributed by atoms with Gasteiger partial charge in [0.15, 0.2) is 0 Å². The molecular weight excluding hydrogens is 164 g/mol. The van der Waals surface area contributed by atoms with Crippen LogP contribution in [0.1, 0.15) is 40.0 Å². The standard InChI is InChI=1S/C10H20N2O/c1-9(2)4-7(11)5-10(3,6-9)8(12)13/h7H,4-6,11H2,1-3H3,(H2,12,13). The average molecular weight is 184 g/mol. The summed E-state index contributed by atoms with van der Waals surface area (Å²) in [6.45, 7) is 6.22. The molecule has 1 amide bonds. The molecule has 0 aromatic heterocycles. The maximum Gasteiger partial charge on any atom is 0.223 e. The fraction of sp³-hybridized carbons (Fsp3) is 0.900. The number of hydrogen-bond acceptors (Lipinski definition) is 2. The molecule has 4 N–H and O–H groups in total. The van der Waals surface area contributed by atoms with Crippen LogP contribution in [0, 0.1) is 10.8 Å². The molecule has 0 aromatic carbocycles. The zero-order valence-corrected chi connectivity index (χ0v) is 8.76. The highest BCUT2D eigenvalue weighted by molar-refractivity contribution is 5.80. The molecule has 2 atom stereocenters. The summed E-state index contributed by atoms with van der Waals surface area (Å²) in [7, 11) is 0. The van der Waals surface area contributed by atoms with Crippen LogP contribution >= 0.6 is 0 Å². The Bertz CT molecular complexity index is 225. The number of amides is 1. The van der Waals surface area contributed by atoms with Crippen LogP contribution in [-0.2, 0) is 4.79 Å². The molecule has 0 aliphatic heterocycles. The molecule has 0 spiro atoms. The van der Waals surface area contributed by atoms with Gasteiger partial charge in [-0.3, -0.25) is 4.79 Å². The molecule has 1 rings (SSSR count). The van der Waals surface area contributed by atoms with Crippen molar-refractivity contribution >= 4 is 5.91 Å². The second-order valence-corrected chi connectivity index (χ2v) is 5.43. The Labute approximate surface area is 79.9 Å². The van der Waals surface area contributed by atoms with Crippen molar-refractivity contribution < 1.29 is 4.79 Å². The van der Waals surface area contributed by atoms with Gasteiger partial charge in [-0.1, -0.05) is 20.8 Å². The lowest BCUT2D eigenvalue weighted by Crippen LogP contribution is -2.48. The number of hydrogen-bond donors (Lipinski definition) is 2. The van der Waals surface area contributed by atoms with E-state index in [0.29, 0.717) is 0 Å². The molecule has 3 nitrogen and oxygen atoms in total. The highest BCUT2D eigenvalue weighted by Crippen LogP contribution is 2.45. The summed E-state index contributed by atoms with van der Waals surface area (Å²) in [5, 5.41) is 0. The van der Waals surface area contributed by atoms with Crippen LogP contribution in [0.3, 0.4) is 0 Å². The first-order valence-corrected chi connectivity index (χ1v) is 4.81. The molecule has 76 valence electrons. The largest absolute Gasteiger partial charge is 0.369 e. The third-order valence-electron chi connectivity index (χ3n) is 2.99. The van der Waals surface area contributed by atoms with Crippen LogP contribution in [0.4, 0.5) is 0 Å². The summed E-state index contributed by atoms with van der Waals surface area (Å²) < 4.78 is 0. The van der Waals surface area contributed by atoms with E-state index < -0.39 is 5.41 Å². The molecule has 2 unspecified atom stereocenters. The lowest BCUT2D eigenvalue weighted by Gasteiger charge is -2.43. The molecule has 3 heteroatoms. The van der Waals surface area contributed by atoms with Crippen molar-refractivity contribution in [3.63, 3.8) is 0 Å². The molecule has 0 heterocycles. The van der Waals surface area contributed by atoms with E-state index in [1.165, 1.54) is 0 Å². The lowest BCUT2D eigenvalue weighted by molar-refractivity contribution is -0.131. The number of primary amides is 1. The highest BCUT2D eigenvalue weighted by Gasteiger charge is 2.43. The van der Waals surface area contributed by atoms with Crippen molar-refractivity contribution in [1.29, 1.82) is 0 Å². The van der Waals surface area contributed by atoms with E-state index in [1.807, 2.05) is 6.92 Å². The quantitative estimate of drug-likeness (QED) is 0.638. The van der Waals surface area contributed by atoms with Gasteiger partial charge < -0.3 is 11.5 Å². The minimum Gasteiger partial charge on any atom is -0.369 e. The Balaban J connectivity index is 2.84. The van der Waals surface area contributed by atoms with Gasteiger partial charge in [-0.15, -0.1) is 0 Å². The smallest absolute Gasteiger partial charge is 0.223 e. The van der Waals surface area contributed by atoms with Crippen LogP contribution in [0.25, 0.3) is 0 Å². The fourth-order valence-corrected chi connectivity index (χ4v) is 2.75. The van der Waals surface area contributed by atoms with Crippen molar-refractivity contribution in [2.75, 3.05) is 0 Å². The summed E-state index contributed by atoms with van der Waals surface area (Å²) >= 11 is 0. The van der Waals surface area contributed by atoms with Crippen LogP contribution in [0.2, 0.25) is 0 Å². The van der Waals surface area contributed by atoms with Crippen LogP contribution in [-0.4, -0.2) is 11.9 Å². The fourth-order valence-electron chi connectivity index (χ4n) is 2.75. The predicted octanol–water partition coefficient (Wildman–Crippen LogP) is 1.02. The van der Waals surface area contributed by atoms with Crippen molar-refractivity contribution in [3.05, 3.63) is 0 Å². The Kier molecular flexibility index (Phi) is 2.41. The summed E-state index contributed by atoms with van der Waals surface area (Å²) in [5.74, 6) is -0.212. The monoisotopic (exact) mass is 184 g/mol.